The van der Waals surface area contributed by atoms with Crippen LogP contribution in [0.5, 0.6) is 0 Å². The van der Waals surface area contributed by atoms with E-state index in [1.807, 2.05) is 0 Å². The maximum atomic E-state index is 13.1. The Morgan fingerprint density at radius 1 is 1.20 bits per heavy atom. The average Bonchev–Trinajstić information content (AvgIpc) is 3.38. The Bertz CT molecular complexity index is 1230. The molecule has 4 heterocycles. The summed E-state index contributed by atoms with van der Waals surface area (Å²) in [5.41, 5.74) is 0.707. The van der Waals surface area contributed by atoms with Gasteiger partial charge in [0.15, 0.2) is 15.5 Å². The Labute approximate surface area is 170 Å². The standard InChI is InChI=1S/C19H17FN4O5S/c1-11-8-15(22-28-11)18(25)24-9-19(10-24)14(6-7-30(19,26)27)17-21-16(23-29-17)12-2-4-13(20)5-3-12/h2-5,8,14H,6-7,9-10H2,1H3. The van der Waals surface area contributed by atoms with E-state index >= 15 is 0 Å². The Hall–Kier alpha value is -3.08. The summed E-state index contributed by atoms with van der Waals surface area (Å²) in [6.07, 6.45) is 0.332. The van der Waals surface area contributed by atoms with Gasteiger partial charge in [0.25, 0.3) is 5.91 Å². The van der Waals surface area contributed by atoms with Gasteiger partial charge in [-0.1, -0.05) is 10.3 Å². The van der Waals surface area contributed by atoms with Crippen LogP contribution in [0.1, 0.15) is 34.5 Å². The number of likely N-dealkylation sites (tertiary alicyclic amines) is 1. The summed E-state index contributed by atoms with van der Waals surface area (Å²) >= 11 is 0. The van der Waals surface area contributed by atoms with Gasteiger partial charge in [0.2, 0.25) is 11.7 Å². The van der Waals surface area contributed by atoms with Gasteiger partial charge in [-0.2, -0.15) is 4.98 Å². The quantitative estimate of drug-likeness (QED) is 0.616. The molecule has 1 atom stereocenters. The van der Waals surface area contributed by atoms with Crippen molar-refractivity contribution in [3.63, 3.8) is 0 Å². The molecule has 2 aliphatic heterocycles. The number of aromatic nitrogens is 3. The zero-order chi connectivity index (χ0) is 21.1. The summed E-state index contributed by atoms with van der Waals surface area (Å²) in [6, 6.07) is 7.13. The van der Waals surface area contributed by atoms with E-state index in [0.717, 1.165) is 0 Å². The van der Waals surface area contributed by atoms with E-state index in [2.05, 4.69) is 15.3 Å². The Morgan fingerprint density at radius 2 is 1.93 bits per heavy atom. The number of carbonyl (C=O) groups is 1. The van der Waals surface area contributed by atoms with E-state index in [9.17, 15) is 17.6 Å². The number of nitrogens with zero attached hydrogens (tertiary/aromatic N) is 4. The fourth-order valence-electron chi connectivity index (χ4n) is 4.19. The van der Waals surface area contributed by atoms with Crippen molar-refractivity contribution in [1.29, 1.82) is 0 Å². The molecule has 0 bridgehead atoms. The van der Waals surface area contributed by atoms with Crippen LogP contribution in [-0.4, -0.2) is 58.1 Å². The predicted octanol–water partition coefficient (Wildman–Crippen LogP) is 1.97. The Morgan fingerprint density at radius 3 is 2.60 bits per heavy atom. The van der Waals surface area contributed by atoms with Gasteiger partial charge in [0.05, 0.1) is 11.7 Å². The second-order valence-corrected chi connectivity index (χ2v) is 10.1. The minimum absolute atomic E-state index is 0.0168. The first-order valence-electron chi connectivity index (χ1n) is 9.33. The van der Waals surface area contributed by atoms with Gasteiger partial charge in [-0.25, -0.2) is 12.8 Å². The lowest BCUT2D eigenvalue weighted by atomic mass is 9.83. The van der Waals surface area contributed by atoms with Crippen molar-refractivity contribution in [3.05, 3.63) is 53.5 Å². The van der Waals surface area contributed by atoms with Crippen molar-refractivity contribution < 1.29 is 26.6 Å². The van der Waals surface area contributed by atoms with E-state index in [1.165, 1.54) is 35.2 Å². The van der Waals surface area contributed by atoms with Crippen molar-refractivity contribution in [2.75, 3.05) is 18.8 Å². The number of carbonyl (C=O) groups excluding carboxylic acids is 1. The molecule has 11 heteroatoms. The molecule has 0 radical (unpaired) electrons. The van der Waals surface area contributed by atoms with Crippen LogP contribution >= 0.6 is 0 Å². The molecule has 5 rings (SSSR count). The summed E-state index contributed by atoms with van der Waals surface area (Å²) in [6.45, 7) is 1.73. The maximum Gasteiger partial charge on any atom is 0.276 e. The molecule has 2 saturated heterocycles. The fourth-order valence-corrected chi connectivity index (χ4v) is 6.50. The molecule has 2 aromatic heterocycles. The van der Waals surface area contributed by atoms with Crippen LogP contribution < -0.4 is 0 Å². The number of sulfone groups is 1. The zero-order valence-corrected chi connectivity index (χ0v) is 16.7. The predicted molar refractivity (Wildman–Crippen MR) is 101 cm³/mol. The van der Waals surface area contributed by atoms with Crippen LogP contribution in [0.25, 0.3) is 11.4 Å². The first kappa shape index (κ1) is 18.9. The fraction of sp³-hybridized carbons (Fsp3) is 0.368. The van der Waals surface area contributed by atoms with E-state index in [1.54, 1.807) is 6.92 Å². The number of hydrogen-bond acceptors (Lipinski definition) is 8. The molecule has 2 fully saturated rings. The Balaban J connectivity index is 1.41. The number of amides is 1. The largest absolute Gasteiger partial charge is 0.361 e. The number of halogens is 1. The van der Waals surface area contributed by atoms with Gasteiger partial charge in [0.1, 0.15) is 16.3 Å². The minimum atomic E-state index is -3.47. The van der Waals surface area contributed by atoms with Crippen molar-refractivity contribution in [3.8, 4) is 11.4 Å². The minimum Gasteiger partial charge on any atom is -0.361 e. The molecule has 0 N–H and O–H groups in total. The molecule has 2 aliphatic rings. The molecule has 156 valence electrons. The molecule has 1 amide bonds. The number of hydrogen-bond donors (Lipinski definition) is 0. The van der Waals surface area contributed by atoms with Crippen LogP contribution in [-0.2, 0) is 9.84 Å². The third-order valence-electron chi connectivity index (χ3n) is 5.82. The number of rotatable bonds is 3. The lowest BCUT2D eigenvalue weighted by Gasteiger charge is -2.48. The first-order valence-corrected chi connectivity index (χ1v) is 11.0. The van der Waals surface area contributed by atoms with Gasteiger partial charge >= 0.3 is 0 Å². The van der Waals surface area contributed by atoms with Crippen molar-refractivity contribution >= 4 is 15.7 Å². The summed E-state index contributed by atoms with van der Waals surface area (Å²) in [5, 5.41) is 7.64. The van der Waals surface area contributed by atoms with Crippen LogP contribution in [0.15, 0.2) is 39.4 Å². The van der Waals surface area contributed by atoms with Gasteiger partial charge in [-0.15, -0.1) is 0 Å². The highest BCUT2D eigenvalue weighted by Gasteiger charge is 2.64. The zero-order valence-electron chi connectivity index (χ0n) is 15.9. The Kier molecular flexibility index (Phi) is 4.07. The maximum absolute atomic E-state index is 13.1. The number of aryl methyl sites for hydroxylation is 1. The number of benzene rings is 1. The summed E-state index contributed by atoms with van der Waals surface area (Å²) < 4.78 is 48.0. The van der Waals surface area contributed by atoms with Crippen LogP contribution in [0, 0.1) is 12.7 Å². The van der Waals surface area contributed by atoms with Gasteiger partial charge < -0.3 is 13.9 Å². The van der Waals surface area contributed by atoms with Gasteiger partial charge in [0, 0.05) is 24.7 Å². The molecule has 0 saturated carbocycles. The van der Waals surface area contributed by atoms with E-state index < -0.39 is 20.5 Å². The third kappa shape index (κ3) is 2.76. The molecule has 9 nitrogen and oxygen atoms in total. The topological polar surface area (TPSA) is 119 Å². The van der Waals surface area contributed by atoms with E-state index in [4.69, 9.17) is 9.05 Å². The van der Waals surface area contributed by atoms with Crippen molar-refractivity contribution in [2.45, 2.75) is 24.0 Å². The lowest BCUT2D eigenvalue weighted by Crippen LogP contribution is -2.67. The summed E-state index contributed by atoms with van der Waals surface area (Å²) in [4.78, 5) is 18.4. The molecule has 3 aromatic rings. The monoisotopic (exact) mass is 432 g/mol. The van der Waals surface area contributed by atoms with Crippen molar-refractivity contribution in [2.24, 2.45) is 0 Å². The second-order valence-electron chi connectivity index (χ2n) is 7.67. The smallest absolute Gasteiger partial charge is 0.276 e. The molecule has 30 heavy (non-hydrogen) atoms. The molecule has 1 spiro atoms. The highest BCUT2D eigenvalue weighted by Crippen LogP contribution is 2.49. The van der Waals surface area contributed by atoms with Gasteiger partial charge in [-0.05, 0) is 37.6 Å². The third-order valence-corrected chi connectivity index (χ3v) is 8.38. The van der Waals surface area contributed by atoms with Crippen LogP contribution in [0.2, 0.25) is 0 Å². The van der Waals surface area contributed by atoms with E-state index in [0.29, 0.717) is 17.7 Å². The summed E-state index contributed by atoms with van der Waals surface area (Å²) in [7, 11) is -3.47. The van der Waals surface area contributed by atoms with Gasteiger partial charge in [-0.3, -0.25) is 4.79 Å². The second kappa shape index (κ2) is 6.46. The molecular weight excluding hydrogens is 415 g/mol. The normalized spacial score (nSPS) is 21.7. The lowest BCUT2D eigenvalue weighted by molar-refractivity contribution is 0.0493. The highest BCUT2D eigenvalue weighted by atomic mass is 32.2. The average molecular weight is 432 g/mol. The SMILES string of the molecule is Cc1cc(C(=O)N2CC3(C2)C(c2nc(-c4ccc(F)cc4)no2)CCS3(=O)=O)no1. The molecule has 1 unspecified atom stereocenters. The first-order chi connectivity index (χ1) is 14.3. The molecular formula is C19H17FN4O5S. The molecule has 1 aromatic carbocycles. The summed E-state index contributed by atoms with van der Waals surface area (Å²) in [5.74, 6) is -0.335. The highest BCUT2D eigenvalue weighted by molar-refractivity contribution is 7.93. The van der Waals surface area contributed by atoms with Crippen molar-refractivity contribution in [1.82, 2.24) is 20.2 Å². The van der Waals surface area contributed by atoms with Crippen LogP contribution in [0.3, 0.4) is 0 Å². The molecule has 0 aliphatic carbocycles. The van der Waals surface area contributed by atoms with E-state index in [-0.39, 0.29) is 48.0 Å². The van der Waals surface area contributed by atoms with Crippen LogP contribution in [0.4, 0.5) is 4.39 Å².